The van der Waals surface area contributed by atoms with Crippen molar-refractivity contribution in [3.8, 4) is 0 Å². The van der Waals surface area contributed by atoms with Crippen LogP contribution < -0.4 is 5.73 Å². The molecule has 112 valence electrons. The van der Waals surface area contributed by atoms with Crippen molar-refractivity contribution in [1.82, 2.24) is 19.9 Å². The quantitative estimate of drug-likeness (QED) is 0.678. The minimum atomic E-state index is -0.148. The van der Waals surface area contributed by atoms with Crippen molar-refractivity contribution in [2.24, 2.45) is 0 Å². The summed E-state index contributed by atoms with van der Waals surface area (Å²) in [6.45, 7) is 12.2. The number of aryl methyl sites for hydroxylation is 2. The minimum absolute atomic E-state index is 0.148. The van der Waals surface area contributed by atoms with E-state index in [1.165, 1.54) is 11.8 Å². The average molecular weight is 303 g/mol. The Balaban J connectivity index is 2.38. The predicted molar refractivity (Wildman–Crippen MR) is 85.5 cm³/mol. The third kappa shape index (κ3) is 3.69. The number of nitrogens with two attached hydrogens (primary N) is 1. The van der Waals surface area contributed by atoms with Crippen molar-refractivity contribution in [3.63, 3.8) is 0 Å². The fourth-order valence-electron chi connectivity index (χ4n) is 1.71. The zero-order valence-electron chi connectivity index (χ0n) is 13.4. The van der Waals surface area contributed by atoms with Crippen molar-refractivity contribution in [2.45, 2.75) is 57.1 Å². The van der Waals surface area contributed by atoms with Crippen LogP contribution in [0.5, 0.6) is 0 Å². The molecule has 5 nitrogen and oxygen atoms in total. The molecule has 0 spiro atoms. The molecule has 0 saturated carbocycles. The van der Waals surface area contributed by atoms with Crippen molar-refractivity contribution in [3.05, 3.63) is 28.8 Å². The van der Waals surface area contributed by atoms with Gasteiger partial charge in [-0.15, -0.1) is 0 Å². The SMILES string of the molecule is Cc1nc(Sc2cc(N)nc(C(C)(C)C)n2)nc(C)c1C. The van der Waals surface area contributed by atoms with E-state index >= 15 is 0 Å². The van der Waals surface area contributed by atoms with Crippen LogP contribution in [-0.2, 0) is 5.41 Å². The van der Waals surface area contributed by atoms with Crippen LogP contribution in [0.3, 0.4) is 0 Å². The van der Waals surface area contributed by atoms with E-state index in [0.29, 0.717) is 11.0 Å². The third-order valence-electron chi connectivity index (χ3n) is 3.20. The lowest BCUT2D eigenvalue weighted by Crippen LogP contribution is -2.17. The lowest BCUT2D eigenvalue weighted by molar-refractivity contribution is 0.539. The molecule has 0 aliphatic rings. The molecule has 0 radical (unpaired) electrons. The number of rotatable bonds is 2. The molecule has 0 aliphatic carbocycles. The van der Waals surface area contributed by atoms with Crippen LogP contribution in [0.2, 0.25) is 0 Å². The number of anilines is 1. The molecule has 2 N–H and O–H groups in total. The average Bonchev–Trinajstić information content (AvgIpc) is 2.34. The van der Waals surface area contributed by atoms with Gasteiger partial charge in [0.05, 0.1) is 0 Å². The van der Waals surface area contributed by atoms with Crippen molar-refractivity contribution < 1.29 is 0 Å². The molecular weight excluding hydrogens is 282 g/mol. The summed E-state index contributed by atoms with van der Waals surface area (Å²) in [5.41, 5.74) is 8.84. The second-order valence-corrected chi connectivity index (χ2v) is 7.10. The fourth-order valence-corrected chi connectivity index (χ4v) is 2.58. The smallest absolute Gasteiger partial charge is 0.194 e. The van der Waals surface area contributed by atoms with Gasteiger partial charge in [0.25, 0.3) is 0 Å². The second-order valence-electron chi connectivity index (χ2n) is 6.11. The Bertz CT molecular complexity index is 653. The van der Waals surface area contributed by atoms with E-state index in [9.17, 15) is 0 Å². The Hall–Kier alpha value is -1.69. The van der Waals surface area contributed by atoms with Crippen LogP contribution >= 0.6 is 11.8 Å². The maximum absolute atomic E-state index is 5.89. The van der Waals surface area contributed by atoms with E-state index < -0.39 is 0 Å². The molecule has 0 fully saturated rings. The summed E-state index contributed by atoms with van der Waals surface area (Å²) in [6, 6.07) is 1.76. The topological polar surface area (TPSA) is 77.6 Å². The Morgan fingerprint density at radius 3 is 2.05 bits per heavy atom. The first-order valence-electron chi connectivity index (χ1n) is 6.81. The molecule has 0 aromatic carbocycles. The second kappa shape index (κ2) is 5.60. The van der Waals surface area contributed by atoms with E-state index in [4.69, 9.17) is 5.73 Å². The first kappa shape index (κ1) is 15.7. The van der Waals surface area contributed by atoms with Crippen LogP contribution in [0, 0.1) is 20.8 Å². The summed E-state index contributed by atoms with van der Waals surface area (Å²) >= 11 is 1.42. The molecule has 21 heavy (non-hydrogen) atoms. The highest BCUT2D eigenvalue weighted by Gasteiger charge is 2.19. The number of hydrogen-bond donors (Lipinski definition) is 1. The largest absolute Gasteiger partial charge is 0.384 e. The van der Waals surface area contributed by atoms with Crippen LogP contribution in [0.1, 0.15) is 43.5 Å². The van der Waals surface area contributed by atoms with Crippen LogP contribution in [0.4, 0.5) is 5.82 Å². The summed E-state index contributed by atoms with van der Waals surface area (Å²) in [6.07, 6.45) is 0. The van der Waals surface area contributed by atoms with Gasteiger partial charge in [0.15, 0.2) is 5.16 Å². The monoisotopic (exact) mass is 303 g/mol. The highest BCUT2D eigenvalue weighted by Crippen LogP contribution is 2.28. The van der Waals surface area contributed by atoms with Gasteiger partial charge in [-0.3, -0.25) is 0 Å². The zero-order valence-corrected chi connectivity index (χ0v) is 14.2. The van der Waals surface area contributed by atoms with Gasteiger partial charge in [-0.2, -0.15) is 0 Å². The number of hydrogen-bond acceptors (Lipinski definition) is 6. The molecule has 0 bridgehead atoms. The van der Waals surface area contributed by atoms with E-state index in [0.717, 1.165) is 27.8 Å². The van der Waals surface area contributed by atoms with E-state index in [-0.39, 0.29) is 5.41 Å². The molecule has 0 aliphatic heterocycles. The summed E-state index contributed by atoms with van der Waals surface area (Å²) in [5.74, 6) is 1.20. The Labute approximate surface area is 129 Å². The molecule has 0 saturated heterocycles. The standard InChI is InChI=1S/C15H21N5S/c1-8-9(2)17-14(18-10(8)3)21-12-7-11(16)19-13(20-12)15(4,5)6/h7H,1-6H3,(H2,16,19,20). The third-order valence-corrected chi connectivity index (χ3v) is 3.98. The highest BCUT2D eigenvalue weighted by molar-refractivity contribution is 7.99. The molecule has 2 rings (SSSR count). The number of aromatic nitrogens is 4. The maximum atomic E-state index is 5.89. The summed E-state index contributed by atoms with van der Waals surface area (Å²) in [4.78, 5) is 17.9. The molecule has 0 amide bonds. The Kier molecular flexibility index (Phi) is 4.18. The summed E-state index contributed by atoms with van der Waals surface area (Å²) in [5, 5.41) is 1.46. The highest BCUT2D eigenvalue weighted by atomic mass is 32.2. The first-order valence-corrected chi connectivity index (χ1v) is 7.63. The van der Waals surface area contributed by atoms with Gasteiger partial charge in [0.1, 0.15) is 16.7 Å². The number of nitrogens with zero attached hydrogens (tertiary/aromatic N) is 4. The van der Waals surface area contributed by atoms with Gasteiger partial charge in [0, 0.05) is 22.9 Å². The molecule has 2 aromatic heterocycles. The van der Waals surface area contributed by atoms with Gasteiger partial charge in [-0.1, -0.05) is 20.8 Å². The van der Waals surface area contributed by atoms with Gasteiger partial charge in [-0.25, -0.2) is 19.9 Å². The van der Waals surface area contributed by atoms with Crippen molar-refractivity contribution >= 4 is 17.6 Å². The fraction of sp³-hybridized carbons (Fsp3) is 0.467. The van der Waals surface area contributed by atoms with Crippen LogP contribution in [-0.4, -0.2) is 19.9 Å². The van der Waals surface area contributed by atoms with Crippen LogP contribution in [0.25, 0.3) is 0 Å². The van der Waals surface area contributed by atoms with Crippen molar-refractivity contribution in [1.29, 1.82) is 0 Å². The predicted octanol–water partition coefficient (Wildman–Crippen LogP) is 3.22. The summed E-state index contributed by atoms with van der Waals surface area (Å²) in [7, 11) is 0. The van der Waals surface area contributed by atoms with E-state index in [1.807, 2.05) is 20.8 Å². The molecule has 6 heteroatoms. The van der Waals surface area contributed by atoms with Crippen LogP contribution in [0.15, 0.2) is 16.2 Å². The maximum Gasteiger partial charge on any atom is 0.194 e. The summed E-state index contributed by atoms with van der Waals surface area (Å²) < 4.78 is 0. The lowest BCUT2D eigenvalue weighted by atomic mass is 9.96. The molecule has 0 unspecified atom stereocenters. The zero-order chi connectivity index (χ0) is 15.8. The molecule has 2 heterocycles. The van der Waals surface area contributed by atoms with Gasteiger partial charge < -0.3 is 5.73 Å². The Morgan fingerprint density at radius 1 is 0.952 bits per heavy atom. The van der Waals surface area contributed by atoms with Gasteiger partial charge >= 0.3 is 0 Å². The molecule has 0 atom stereocenters. The number of nitrogen functional groups attached to an aromatic ring is 1. The molecule has 2 aromatic rings. The lowest BCUT2D eigenvalue weighted by Gasteiger charge is -2.17. The molecular formula is C15H21N5S. The normalized spacial score (nSPS) is 11.7. The minimum Gasteiger partial charge on any atom is -0.384 e. The van der Waals surface area contributed by atoms with Gasteiger partial charge in [0.2, 0.25) is 0 Å². The first-order chi connectivity index (χ1) is 9.66. The van der Waals surface area contributed by atoms with E-state index in [2.05, 4.69) is 40.7 Å². The van der Waals surface area contributed by atoms with Gasteiger partial charge in [-0.05, 0) is 38.1 Å². The van der Waals surface area contributed by atoms with Crippen molar-refractivity contribution in [2.75, 3.05) is 5.73 Å². The van der Waals surface area contributed by atoms with E-state index in [1.54, 1.807) is 6.07 Å². The Morgan fingerprint density at radius 2 is 1.52 bits per heavy atom.